The molecule has 1 unspecified atom stereocenters. The van der Waals surface area contributed by atoms with Crippen LogP contribution in [-0.4, -0.2) is 6.61 Å². The Hall–Kier alpha value is -1.12. The maximum Gasteiger partial charge on any atom is 0.0883 e. The molecule has 1 aliphatic heterocycles. The van der Waals surface area contributed by atoms with Gasteiger partial charge in [-0.25, -0.2) is 0 Å². The van der Waals surface area contributed by atoms with Gasteiger partial charge in [-0.15, -0.1) is 0 Å². The molecule has 0 fully saturated rings. The van der Waals surface area contributed by atoms with E-state index in [2.05, 4.69) is 65.3 Å². The van der Waals surface area contributed by atoms with Gasteiger partial charge < -0.3 is 4.74 Å². The Bertz CT molecular complexity index is 616. The van der Waals surface area contributed by atoms with Gasteiger partial charge >= 0.3 is 0 Å². The van der Waals surface area contributed by atoms with Gasteiger partial charge in [0.05, 0.1) is 12.7 Å². The summed E-state index contributed by atoms with van der Waals surface area (Å²) >= 11 is 3.67. The first-order chi connectivity index (χ1) is 8.75. The summed E-state index contributed by atoms with van der Waals surface area (Å²) in [6.07, 6.45) is 3.30. The first kappa shape index (κ1) is 11.9. The zero-order valence-electron chi connectivity index (χ0n) is 10.3. The van der Waals surface area contributed by atoms with Crippen molar-refractivity contribution in [1.82, 2.24) is 0 Å². The zero-order valence-corrected chi connectivity index (χ0v) is 11.9. The number of hydrogen-bond acceptors (Lipinski definition) is 1. The van der Waals surface area contributed by atoms with Gasteiger partial charge in [-0.05, 0) is 30.2 Å². The zero-order chi connectivity index (χ0) is 12.5. The predicted octanol–water partition coefficient (Wildman–Crippen LogP) is 5.01. The van der Waals surface area contributed by atoms with E-state index in [1.54, 1.807) is 0 Å². The SMILES string of the molecule is CC1=CCOC(c2c(Br)ccc3ccccc23)C1. The van der Waals surface area contributed by atoms with Gasteiger partial charge in [0.15, 0.2) is 0 Å². The Kier molecular flexibility index (Phi) is 3.23. The van der Waals surface area contributed by atoms with Crippen molar-refractivity contribution in [1.29, 1.82) is 0 Å². The molecule has 1 aliphatic rings. The highest BCUT2D eigenvalue weighted by Crippen LogP contribution is 2.37. The van der Waals surface area contributed by atoms with Gasteiger partial charge in [0.2, 0.25) is 0 Å². The third-order valence-corrected chi connectivity index (χ3v) is 4.17. The lowest BCUT2D eigenvalue weighted by molar-refractivity contribution is 0.0647. The molecule has 0 amide bonds. The van der Waals surface area contributed by atoms with E-state index in [0.717, 1.165) is 10.9 Å². The van der Waals surface area contributed by atoms with Gasteiger partial charge in [0, 0.05) is 10.0 Å². The van der Waals surface area contributed by atoms with Crippen LogP contribution in [-0.2, 0) is 4.74 Å². The standard InChI is InChI=1S/C16H15BrO/c1-11-8-9-18-15(10-11)16-13-5-3-2-4-12(13)6-7-14(16)17/h2-8,15H,9-10H2,1H3. The molecule has 2 aromatic carbocycles. The smallest absolute Gasteiger partial charge is 0.0883 e. The van der Waals surface area contributed by atoms with Crippen molar-refractivity contribution in [3.63, 3.8) is 0 Å². The molecule has 0 aliphatic carbocycles. The molecule has 92 valence electrons. The maximum atomic E-state index is 5.92. The van der Waals surface area contributed by atoms with E-state index in [-0.39, 0.29) is 6.10 Å². The first-order valence-corrected chi connectivity index (χ1v) is 6.99. The fourth-order valence-electron chi connectivity index (χ4n) is 2.52. The van der Waals surface area contributed by atoms with Gasteiger partial charge in [-0.3, -0.25) is 0 Å². The summed E-state index contributed by atoms with van der Waals surface area (Å²) in [5, 5.41) is 2.55. The summed E-state index contributed by atoms with van der Waals surface area (Å²) < 4.78 is 7.06. The maximum absolute atomic E-state index is 5.92. The van der Waals surface area contributed by atoms with Crippen molar-refractivity contribution in [3.8, 4) is 0 Å². The molecule has 1 heterocycles. The highest BCUT2D eigenvalue weighted by atomic mass is 79.9. The summed E-state index contributed by atoms with van der Waals surface area (Å²) in [4.78, 5) is 0. The van der Waals surface area contributed by atoms with Crippen LogP contribution in [0.5, 0.6) is 0 Å². The van der Waals surface area contributed by atoms with Crippen molar-refractivity contribution in [2.45, 2.75) is 19.4 Å². The lowest BCUT2D eigenvalue weighted by Crippen LogP contribution is -2.11. The molecular formula is C16H15BrO. The van der Waals surface area contributed by atoms with E-state index < -0.39 is 0 Å². The van der Waals surface area contributed by atoms with Gasteiger partial charge in [0.1, 0.15) is 0 Å². The minimum absolute atomic E-state index is 0.162. The number of rotatable bonds is 1. The Morgan fingerprint density at radius 1 is 1.17 bits per heavy atom. The van der Waals surface area contributed by atoms with Gasteiger partial charge in [-0.1, -0.05) is 57.9 Å². The average Bonchev–Trinajstić information content (AvgIpc) is 2.38. The molecular weight excluding hydrogens is 288 g/mol. The van der Waals surface area contributed by atoms with Crippen LogP contribution in [0, 0.1) is 0 Å². The van der Waals surface area contributed by atoms with Crippen LogP contribution >= 0.6 is 15.9 Å². The molecule has 0 N–H and O–H groups in total. The fraction of sp³-hybridized carbons (Fsp3) is 0.250. The number of ether oxygens (including phenoxy) is 1. The van der Waals surface area contributed by atoms with Crippen LogP contribution in [0.2, 0.25) is 0 Å². The number of fused-ring (bicyclic) bond motifs is 1. The summed E-state index contributed by atoms with van der Waals surface area (Å²) in [6.45, 7) is 2.89. The minimum atomic E-state index is 0.162. The Morgan fingerprint density at radius 3 is 2.83 bits per heavy atom. The van der Waals surface area contributed by atoms with Gasteiger partial charge in [0.25, 0.3) is 0 Å². The van der Waals surface area contributed by atoms with E-state index in [9.17, 15) is 0 Å². The van der Waals surface area contributed by atoms with Crippen LogP contribution in [0.3, 0.4) is 0 Å². The van der Waals surface area contributed by atoms with E-state index in [1.807, 2.05) is 0 Å². The molecule has 1 nitrogen and oxygen atoms in total. The number of benzene rings is 2. The monoisotopic (exact) mass is 302 g/mol. The van der Waals surface area contributed by atoms with E-state index in [0.29, 0.717) is 6.61 Å². The van der Waals surface area contributed by atoms with Crippen LogP contribution in [0.15, 0.2) is 52.5 Å². The first-order valence-electron chi connectivity index (χ1n) is 6.20. The molecule has 0 radical (unpaired) electrons. The molecule has 0 bridgehead atoms. The minimum Gasteiger partial charge on any atom is -0.369 e. The molecule has 3 rings (SSSR count). The van der Waals surface area contributed by atoms with E-state index >= 15 is 0 Å². The Labute approximate surface area is 116 Å². The second-order valence-electron chi connectivity index (χ2n) is 4.76. The largest absolute Gasteiger partial charge is 0.369 e. The van der Waals surface area contributed by atoms with Crippen LogP contribution < -0.4 is 0 Å². The lowest BCUT2D eigenvalue weighted by atomic mass is 9.95. The van der Waals surface area contributed by atoms with Crippen LogP contribution in [0.25, 0.3) is 10.8 Å². The summed E-state index contributed by atoms with van der Waals surface area (Å²) in [6, 6.07) is 12.8. The quantitative estimate of drug-likeness (QED) is 0.673. The fourth-order valence-corrected chi connectivity index (χ4v) is 3.12. The third kappa shape index (κ3) is 2.11. The predicted molar refractivity (Wildman–Crippen MR) is 78.7 cm³/mol. The van der Waals surface area contributed by atoms with Crippen LogP contribution in [0.4, 0.5) is 0 Å². The third-order valence-electron chi connectivity index (χ3n) is 3.48. The topological polar surface area (TPSA) is 9.23 Å². The molecule has 0 aromatic heterocycles. The second-order valence-corrected chi connectivity index (χ2v) is 5.61. The Morgan fingerprint density at radius 2 is 2.00 bits per heavy atom. The lowest BCUT2D eigenvalue weighted by Gasteiger charge is -2.24. The molecule has 2 heteroatoms. The van der Waals surface area contributed by atoms with Crippen molar-refractivity contribution >= 4 is 26.7 Å². The highest BCUT2D eigenvalue weighted by molar-refractivity contribution is 9.10. The van der Waals surface area contributed by atoms with Gasteiger partial charge in [-0.2, -0.15) is 0 Å². The molecule has 0 saturated heterocycles. The van der Waals surface area contributed by atoms with Crippen molar-refractivity contribution in [2.75, 3.05) is 6.61 Å². The van der Waals surface area contributed by atoms with Crippen molar-refractivity contribution in [3.05, 3.63) is 58.1 Å². The highest BCUT2D eigenvalue weighted by Gasteiger charge is 2.20. The summed E-state index contributed by atoms with van der Waals surface area (Å²) in [5.41, 5.74) is 2.69. The van der Waals surface area contributed by atoms with Crippen molar-refractivity contribution in [2.24, 2.45) is 0 Å². The van der Waals surface area contributed by atoms with Crippen LogP contribution in [0.1, 0.15) is 25.0 Å². The number of hydrogen-bond donors (Lipinski definition) is 0. The number of halogens is 1. The summed E-state index contributed by atoms with van der Waals surface area (Å²) in [7, 11) is 0. The molecule has 18 heavy (non-hydrogen) atoms. The normalized spacial score (nSPS) is 19.9. The molecule has 2 aromatic rings. The Balaban J connectivity index is 2.15. The summed E-state index contributed by atoms with van der Waals surface area (Å²) in [5.74, 6) is 0. The van der Waals surface area contributed by atoms with E-state index in [1.165, 1.54) is 21.9 Å². The molecule has 0 saturated carbocycles. The average molecular weight is 303 g/mol. The molecule has 1 atom stereocenters. The second kappa shape index (κ2) is 4.87. The van der Waals surface area contributed by atoms with Crippen molar-refractivity contribution < 1.29 is 4.74 Å². The molecule has 0 spiro atoms. The van der Waals surface area contributed by atoms with E-state index in [4.69, 9.17) is 4.74 Å².